The fourth-order valence-electron chi connectivity index (χ4n) is 1.70. The Labute approximate surface area is 135 Å². The molecule has 116 valence electrons. The predicted octanol–water partition coefficient (Wildman–Crippen LogP) is 2.78. The molecule has 1 heterocycles. The van der Waals surface area contributed by atoms with Gasteiger partial charge in [0, 0.05) is 17.2 Å². The summed E-state index contributed by atoms with van der Waals surface area (Å²) in [5.41, 5.74) is 1.01. The summed E-state index contributed by atoms with van der Waals surface area (Å²) in [4.78, 5) is 26.4. The number of hydrogen-bond donors (Lipinski definition) is 2. The highest BCUT2D eigenvalue weighted by molar-refractivity contribution is 9.10. The zero-order valence-electron chi connectivity index (χ0n) is 11.7. The lowest BCUT2D eigenvalue weighted by atomic mass is 10.2. The van der Waals surface area contributed by atoms with Crippen molar-refractivity contribution in [3.63, 3.8) is 0 Å². The Morgan fingerprint density at radius 3 is 2.64 bits per heavy atom. The van der Waals surface area contributed by atoms with Gasteiger partial charge in [-0.15, -0.1) is 0 Å². The third-order valence-electron chi connectivity index (χ3n) is 2.90. The topological polar surface area (TPSA) is 71.2 Å². The summed E-state index contributed by atoms with van der Waals surface area (Å²) in [5.74, 6) is -1.38. The second-order valence-corrected chi connectivity index (χ2v) is 5.54. The van der Waals surface area contributed by atoms with Crippen molar-refractivity contribution in [1.82, 2.24) is 10.3 Å². The van der Waals surface area contributed by atoms with Crippen LogP contribution in [0.25, 0.3) is 0 Å². The molecule has 1 aromatic carbocycles. The quantitative estimate of drug-likeness (QED) is 0.797. The number of aromatic nitrogens is 1. The molecule has 0 aliphatic carbocycles. The first kappa shape index (κ1) is 16.2. The Morgan fingerprint density at radius 2 is 2.05 bits per heavy atom. The molecular formula is C15H14BrFN2O3. The molecule has 0 saturated heterocycles. The molecule has 7 heteroatoms. The van der Waals surface area contributed by atoms with Gasteiger partial charge in [0.25, 0.3) is 5.91 Å². The smallest absolute Gasteiger partial charge is 0.355 e. The molecular weight excluding hydrogens is 355 g/mol. The van der Waals surface area contributed by atoms with Crippen molar-refractivity contribution in [3.8, 4) is 0 Å². The summed E-state index contributed by atoms with van der Waals surface area (Å²) < 4.78 is 18.5. The van der Waals surface area contributed by atoms with Gasteiger partial charge in [0.15, 0.2) is 6.10 Å². The first-order valence-electron chi connectivity index (χ1n) is 6.53. The average Bonchev–Trinajstić information content (AvgIpc) is 2.93. The lowest BCUT2D eigenvalue weighted by Gasteiger charge is -2.13. The Morgan fingerprint density at radius 1 is 1.36 bits per heavy atom. The molecule has 2 N–H and O–H groups in total. The zero-order chi connectivity index (χ0) is 16.1. The van der Waals surface area contributed by atoms with Crippen molar-refractivity contribution in [2.24, 2.45) is 0 Å². The molecule has 2 aromatic rings. The van der Waals surface area contributed by atoms with Crippen LogP contribution in [0.2, 0.25) is 0 Å². The first-order chi connectivity index (χ1) is 10.5. The molecule has 0 radical (unpaired) electrons. The molecule has 0 spiro atoms. The maximum absolute atomic E-state index is 12.8. The van der Waals surface area contributed by atoms with Crippen LogP contribution in [0.5, 0.6) is 0 Å². The van der Waals surface area contributed by atoms with Gasteiger partial charge in [0.1, 0.15) is 11.5 Å². The normalized spacial score (nSPS) is 11.8. The Hall–Kier alpha value is -2.15. The lowest BCUT2D eigenvalue weighted by Crippen LogP contribution is -2.35. The molecule has 1 aromatic heterocycles. The van der Waals surface area contributed by atoms with Crippen molar-refractivity contribution >= 4 is 27.8 Å². The fraction of sp³-hybridized carbons (Fsp3) is 0.200. The number of rotatable bonds is 5. The van der Waals surface area contributed by atoms with Gasteiger partial charge in [-0.25, -0.2) is 9.18 Å². The van der Waals surface area contributed by atoms with Crippen molar-refractivity contribution in [1.29, 1.82) is 0 Å². The van der Waals surface area contributed by atoms with Crippen LogP contribution >= 0.6 is 15.9 Å². The zero-order valence-corrected chi connectivity index (χ0v) is 13.3. The second-order valence-electron chi connectivity index (χ2n) is 4.62. The maximum atomic E-state index is 12.8. The Bertz CT molecular complexity index is 670. The molecule has 0 saturated carbocycles. The number of hydrogen-bond acceptors (Lipinski definition) is 3. The van der Waals surface area contributed by atoms with Crippen LogP contribution in [0, 0.1) is 5.82 Å². The molecule has 1 atom stereocenters. The van der Waals surface area contributed by atoms with Crippen LogP contribution in [0.15, 0.2) is 41.0 Å². The number of benzene rings is 1. The molecule has 0 unspecified atom stereocenters. The number of ether oxygens (including phenoxy) is 1. The van der Waals surface area contributed by atoms with Gasteiger partial charge >= 0.3 is 5.97 Å². The lowest BCUT2D eigenvalue weighted by molar-refractivity contribution is -0.129. The van der Waals surface area contributed by atoms with Gasteiger partial charge in [-0.2, -0.15) is 0 Å². The summed E-state index contributed by atoms with van der Waals surface area (Å²) in [6, 6.07) is 7.33. The van der Waals surface area contributed by atoms with E-state index in [0.29, 0.717) is 4.47 Å². The number of carbonyl (C=O) groups is 2. The third-order valence-corrected chi connectivity index (χ3v) is 3.36. The van der Waals surface area contributed by atoms with Gasteiger partial charge < -0.3 is 15.0 Å². The van der Waals surface area contributed by atoms with Gasteiger partial charge in [-0.3, -0.25) is 4.79 Å². The predicted molar refractivity (Wildman–Crippen MR) is 81.6 cm³/mol. The van der Waals surface area contributed by atoms with Gasteiger partial charge in [0.05, 0.1) is 0 Å². The SMILES string of the molecule is C[C@H](OC(=O)c1cc(Br)c[nH]1)C(=O)NCc1ccc(F)cc1. The van der Waals surface area contributed by atoms with Crippen molar-refractivity contribution in [3.05, 3.63) is 58.1 Å². The van der Waals surface area contributed by atoms with Gasteiger partial charge in [0.2, 0.25) is 0 Å². The van der Waals surface area contributed by atoms with Crippen LogP contribution in [-0.4, -0.2) is 23.0 Å². The van der Waals surface area contributed by atoms with Crippen molar-refractivity contribution < 1.29 is 18.7 Å². The Kier molecular flexibility index (Phi) is 5.32. The summed E-state index contributed by atoms with van der Waals surface area (Å²) in [6.45, 7) is 1.71. The first-order valence-corrected chi connectivity index (χ1v) is 7.32. The second kappa shape index (κ2) is 7.22. The van der Waals surface area contributed by atoms with E-state index in [9.17, 15) is 14.0 Å². The largest absolute Gasteiger partial charge is 0.448 e. The van der Waals surface area contributed by atoms with E-state index in [-0.39, 0.29) is 18.1 Å². The molecule has 22 heavy (non-hydrogen) atoms. The number of amides is 1. The van der Waals surface area contributed by atoms with Crippen LogP contribution in [-0.2, 0) is 16.1 Å². The van der Waals surface area contributed by atoms with Crippen LogP contribution in [0.1, 0.15) is 23.0 Å². The molecule has 0 aliphatic rings. The summed E-state index contributed by atoms with van der Waals surface area (Å²) in [7, 11) is 0. The standard InChI is InChI=1S/C15H14BrFN2O3/c1-9(22-15(21)13-6-11(16)8-18-13)14(20)19-7-10-2-4-12(17)5-3-10/h2-6,8-9,18H,7H2,1H3,(H,19,20)/t9-/m0/s1. The van der Waals surface area contributed by atoms with Crippen molar-refractivity contribution in [2.45, 2.75) is 19.6 Å². The summed E-state index contributed by atoms with van der Waals surface area (Å²) >= 11 is 3.21. The fourth-order valence-corrected chi connectivity index (χ4v) is 2.04. The monoisotopic (exact) mass is 368 g/mol. The van der Waals surface area contributed by atoms with E-state index in [1.165, 1.54) is 19.1 Å². The number of aromatic amines is 1. The van der Waals surface area contributed by atoms with E-state index >= 15 is 0 Å². The van der Waals surface area contributed by atoms with Crippen molar-refractivity contribution in [2.75, 3.05) is 0 Å². The molecule has 0 aliphatic heterocycles. The number of nitrogens with one attached hydrogen (secondary N) is 2. The number of carbonyl (C=O) groups excluding carboxylic acids is 2. The molecule has 5 nitrogen and oxygen atoms in total. The minimum Gasteiger partial charge on any atom is -0.448 e. The number of halogens is 2. The molecule has 2 rings (SSSR count). The van der Waals surface area contributed by atoms with E-state index < -0.39 is 18.0 Å². The van der Waals surface area contributed by atoms with Crippen LogP contribution in [0.3, 0.4) is 0 Å². The minimum atomic E-state index is -0.935. The minimum absolute atomic E-state index is 0.231. The molecule has 0 bridgehead atoms. The van der Waals surface area contributed by atoms with Crippen LogP contribution < -0.4 is 5.32 Å². The average molecular weight is 369 g/mol. The Balaban J connectivity index is 1.84. The highest BCUT2D eigenvalue weighted by Gasteiger charge is 2.19. The van der Waals surface area contributed by atoms with Gasteiger partial charge in [-0.05, 0) is 46.6 Å². The molecule has 0 fully saturated rings. The highest BCUT2D eigenvalue weighted by Crippen LogP contribution is 2.12. The van der Waals surface area contributed by atoms with E-state index in [1.54, 1.807) is 24.4 Å². The summed E-state index contributed by atoms with van der Waals surface area (Å²) in [5, 5.41) is 2.62. The highest BCUT2D eigenvalue weighted by atomic mass is 79.9. The third kappa shape index (κ3) is 4.42. The van der Waals surface area contributed by atoms with E-state index in [1.807, 2.05) is 0 Å². The maximum Gasteiger partial charge on any atom is 0.355 e. The van der Waals surface area contributed by atoms with Gasteiger partial charge in [-0.1, -0.05) is 12.1 Å². The van der Waals surface area contributed by atoms with E-state index in [0.717, 1.165) is 5.56 Å². The van der Waals surface area contributed by atoms with E-state index in [4.69, 9.17) is 4.74 Å². The van der Waals surface area contributed by atoms with Crippen LogP contribution in [0.4, 0.5) is 4.39 Å². The number of H-pyrrole nitrogens is 1. The molecule has 1 amide bonds. The van der Waals surface area contributed by atoms with E-state index in [2.05, 4.69) is 26.2 Å². The number of esters is 1. The summed E-state index contributed by atoms with van der Waals surface area (Å²) in [6.07, 6.45) is 0.658.